The highest BCUT2D eigenvalue weighted by Crippen LogP contribution is 2.25. The molecular weight excluding hydrogens is 236 g/mol. The van der Waals surface area contributed by atoms with E-state index in [4.69, 9.17) is 5.11 Å². The van der Waals surface area contributed by atoms with Crippen molar-refractivity contribution in [3.63, 3.8) is 0 Å². The van der Waals surface area contributed by atoms with Gasteiger partial charge in [0.1, 0.15) is 5.65 Å². The number of aromatic nitrogens is 2. The lowest BCUT2D eigenvalue weighted by Gasteiger charge is -1.95. The van der Waals surface area contributed by atoms with Gasteiger partial charge in [-0.05, 0) is 22.0 Å². The number of fused-ring (bicyclic) bond motifs is 1. The van der Waals surface area contributed by atoms with E-state index in [-0.39, 0.29) is 5.56 Å². The highest BCUT2D eigenvalue weighted by Gasteiger charge is 2.12. The Labute approximate surface area is 81.7 Å². The fourth-order valence-electron chi connectivity index (χ4n) is 1.20. The molecular formula is C8H5BrN2O2. The molecule has 0 aliphatic rings. The minimum atomic E-state index is -0.951. The molecule has 2 aromatic rings. The topological polar surface area (TPSA) is 66.0 Å². The van der Waals surface area contributed by atoms with E-state index in [0.29, 0.717) is 15.5 Å². The van der Waals surface area contributed by atoms with Crippen LogP contribution in [-0.4, -0.2) is 21.0 Å². The predicted molar refractivity (Wildman–Crippen MR) is 50.8 cm³/mol. The number of halogens is 1. The predicted octanol–water partition coefficient (Wildman–Crippen LogP) is 2.02. The van der Waals surface area contributed by atoms with E-state index in [9.17, 15) is 4.79 Å². The van der Waals surface area contributed by atoms with Gasteiger partial charge in [0.2, 0.25) is 0 Å². The van der Waals surface area contributed by atoms with E-state index in [1.807, 2.05) is 0 Å². The first-order chi connectivity index (χ1) is 6.20. The normalized spacial score (nSPS) is 10.5. The Balaban J connectivity index is 2.88. The summed E-state index contributed by atoms with van der Waals surface area (Å²) in [6, 6.07) is 1.48. The number of nitrogens with zero attached hydrogens (tertiary/aromatic N) is 1. The number of carbonyl (C=O) groups is 1. The molecule has 0 amide bonds. The van der Waals surface area contributed by atoms with Gasteiger partial charge < -0.3 is 10.1 Å². The second kappa shape index (κ2) is 2.85. The third-order valence-electron chi connectivity index (χ3n) is 1.76. The molecule has 2 N–H and O–H groups in total. The zero-order valence-electron chi connectivity index (χ0n) is 6.41. The third kappa shape index (κ3) is 1.21. The quantitative estimate of drug-likeness (QED) is 0.802. The van der Waals surface area contributed by atoms with Gasteiger partial charge in [-0.15, -0.1) is 0 Å². The van der Waals surface area contributed by atoms with Gasteiger partial charge in [0.15, 0.2) is 0 Å². The molecule has 0 aliphatic carbocycles. The van der Waals surface area contributed by atoms with Crippen molar-refractivity contribution in [2.75, 3.05) is 0 Å². The van der Waals surface area contributed by atoms with Crippen LogP contribution in [0.4, 0.5) is 0 Å². The highest BCUT2D eigenvalue weighted by molar-refractivity contribution is 9.10. The van der Waals surface area contributed by atoms with Gasteiger partial charge in [0, 0.05) is 22.3 Å². The van der Waals surface area contributed by atoms with Crippen LogP contribution in [0.15, 0.2) is 22.9 Å². The van der Waals surface area contributed by atoms with Crippen LogP contribution in [0.5, 0.6) is 0 Å². The van der Waals surface area contributed by atoms with Gasteiger partial charge in [-0.1, -0.05) is 0 Å². The molecule has 0 saturated carbocycles. The highest BCUT2D eigenvalue weighted by atomic mass is 79.9. The number of nitrogens with one attached hydrogen (secondary N) is 1. The molecule has 0 bridgehead atoms. The average Bonchev–Trinajstić information content (AvgIpc) is 2.48. The fraction of sp³-hybridized carbons (Fsp3) is 0. The molecule has 0 radical (unpaired) electrons. The van der Waals surface area contributed by atoms with Crippen LogP contribution < -0.4 is 0 Å². The van der Waals surface area contributed by atoms with Crippen LogP contribution >= 0.6 is 15.9 Å². The van der Waals surface area contributed by atoms with Crippen molar-refractivity contribution < 1.29 is 9.90 Å². The maximum absolute atomic E-state index is 10.8. The summed E-state index contributed by atoms with van der Waals surface area (Å²) < 4.78 is 0.716. The molecule has 0 atom stereocenters. The van der Waals surface area contributed by atoms with Crippen LogP contribution in [-0.2, 0) is 0 Å². The molecule has 0 aliphatic heterocycles. The minimum Gasteiger partial charge on any atom is -0.478 e. The van der Waals surface area contributed by atoms with Crippen molar-refractivity contribution in [3.8, 4) is 0 Å². The Kier molecular flexibility index (Phi) is 1.81. The van der Waals surface area contributed by atoms with Crippen molar-refractivity contribution in [2.24, 2.45) is 0 Å². The number of hydrogen-bond acceptors (Lipinski definition) is 2. The summed E-state index contributed by atoms with van der Waals surface area (Å²) in [5, 5.41) is 9.47. The molecule has 5 heteroatoms. The van der Waals surface area contributed by atoms with E-state index in [1.54, 1.807) is 6.20 Å². The van der Waals surface area contributed by atoms with Crippen LogP contribution in [0.2, 0.25) is 0 Å². The molecule has 4 nitrogen and oxygen atoms in total. The van der Waals surface area contributed by atoms with Crippen LogP contribution in [0.3, 0.4) is 0 Å². The average molecular weight is 241 g/mol. The van der Waals surface area contributed by atoms with Crippen LogP contribution in [0.25, 0.3) is 11.0 Å². The number of carboxylic acid groups (broad SMARTS) is 1. The van der Waals surface area contributed by atoms with Crippen molar-refractivity contribution >= 4 is 32.9 Å². The molecule has 2 aromatic heterocycles. The van der Waals surface area contributed by atoms with Crippen molar-refractivity contribution in [1.29, 1.82) is 0 Å². The van der Waals surface area contributed by atoms with Crippen molar-refractivity contribution in [2.45, 2.75) is 0 Å². The van der Waals surface area contributed by atoms with Crippen LogP contribution in [0, 0.1) is 0 Å². The largest absolute Gasteiger partial charge is 0.478 e. The Morgan fingerprint density at radius 2 is 2.38 bits per heavy atom. The summed E-state index contributed by atoms with van der Waals surface area (Å²) in [4.78, 5) is 17.7. The molecule has 2 rings (SSSR count). The Morgan fingerprint density at radius 3 is 3.08 bits per heavy atom. The zero-order valence-corrected chi connectivity index (χ0v) is 8.00. The Bertz CT molecular complexity index is 478. The fourth-order valence-corrected chi connectivity index (χ4v) is 1.71. The van der Waals surface area contributed by atoms with Crippen LogP contribution in [0.1, 0.15) is 10.4 Å². The van der Waals surface area contributed by atoms with Crippen molar-refractivity contribution in [3.05, 3.63) is 28.5 Å². The number of aromatic amines is 1. The van der Waals surface area contributed by atoms with E-state index in [0.717, 1.165) is 0 Å². The summed E-state index contributed by atoms with van der Waals surface area (Å²) in [6.07, 6.45) is 3.14. The minimum absolute atomic E-state index is 0.248. The smallest absolute Gasteiger partial charge is 0.336 e. The van der Waals surface area contributed by atoms with Gasteiger partial charge in [0.25, 0.3) is 0 Å². The molecule has 0 unspecified atom stereocenters. The monoisotopic (exact) mass is 240 g/mol. The molecule has 0 spiro atoms. The molecule has 0 fully saturated rings. The van der Waals surface area contributed by atoms with Gasteiger partial charge in [-0.3, -0.25) is 0 Å². The molecule has 66 valence electrons. The molecule has 0 aromatic carbocycles. The number of aromatic carboxylic acids is 1. The third-order valence-corrected chi connectivity index (χ3v) is 2.38. The maximum atomic E-state index is 10.8. The SMILES string of the molecule is O=C(O)c1ccnc2[nH]cc(Br)c12. The first kappa shape index (κ1) is 8.25. The number of hydrogen-bond donors (Lipinski definition) is 2. The summed E-state index contributed by atoms with van der Waals surface area (Å²) in [5.41, 5.74) is 0.824. The maximum Gasteiger partial charge on any atom is 0.336 e. The van der Waals surface area contributed by atoms with E-state index < -0.39 is 5.97 Å². The lowest BCUT2D eigenvalue weighted by molar-refractivity contribution is 0.0699. The van der Waals surface area contributed by atoms with E-state index in [1.165, 1.54) is 12.3 Å². The molecule has 13 heavy (non-hydrogen) atoms. The van der Waals surface area contributed by atoms with Gasteiger partial charge in [-0.2, -0.15) is 0 Å². The molecule has 2 heterocycles. The number of pyridine rings is 1. The number of carboxylic acids is 1. The lowest BCUT2D eigenvalue weighted by Crippen LogP contribution is -1.97. The summed E-state index contributed by atoms with van der Waals surface area (Å²) >= 11 is 3.25. The number of rotatable bonds is 1. The second-order valence-electron chi connectivity index (χ2n) is 2.52. The second-order valence-corrected chi connectivity index (χ2v) is 3.38. The van der Waals surface area contributed by atoms with Gasteiger partial charge in [0.05, 0.1) is 5.56 Å². The summed E-state index contributed by atoms with van der Waals surface area (Å²) in [7, 11) is 0. The first-order valence-corrected chi connectivity index (χ1v) is 4.34. The van der Waals surface area contributed by atoms with E-state index in [2.05, 4.69) is 25.9 Å². The Morgan fingerprint density at radius 1 is 1.62 bits per heavy atom. The Hall–Kier alpha value is -1.36. The number of H-pyrrole nitrogens is 1. The van der Waals surface area contributed by atoms with E-state index >= 15 is 0 Å². The first-order valence-electron chi connectivity index (χ1n) is 3.55. The summed E-state index contributed by atoms with van der Waals surface area (Å²) in [5.74, 6) is -0.951. The standard InChI is InChI=1S/C8H5BrN2O2/c9-5-3-11-7-6(5)4(8(12)13)1-2-10-7/h1-3H,(H,10,11)(H,12,13). The zero-order chi connectivity index (χ0) is 9.42. The summed E-state index contributed by atoms with van der Waals surface area (Å²) in [6.45, 7) is 0. The molecule has 0 saturated heterocycles. The lowest BCUT2D eigenvalue weighted by atomic mass is 10.2. The van der Waals surface area contributed by atoms with Gasteiger partial charge in [-0.25, -0.2) is 9.78 Å². The van der Waals surface area contributed by atoms with Gasteiger partial charge >= 0.3 is 5.97 Å². The van der Waals surface area contributed by atoms with Crippen molar-refractivity contribution in [1.82, 2.24) is 9.97 Å².